The van der Waals surface area contributed by atoms with E-state index in [1.807, 2.05) is 0 Å². The maximum atomic E-state index is 12.2. The first-order chi connectivity index (χ1) is 8.63. The lowest BCUT2D eigenvalue weighted by atomic mass is 9.87. The van der Waals surface area contributed by atoms with Gasteiger partial charge in [0.05, 0.1) is 11.2 Å². The van der Waals surface area contributed by atoms with Gasteiger partial charge in [0, 0.05) is 18.6 Å². The monoisotopic (exact) mass is 268 g/mol. The summed E-state index contributed by atoms with van der Waals surface area (Å²) in [7, 11) is 0. The Morgan fingerprint density at radius 2 is 2.22 bits per heavy atom. The van der Waals surface area contributed by atoms with E-state index in [-0.39, 0.29) is 17.6 Å². The minimum atomic E-state index is -0.116. The average Bonchev–Trinajstić information content (AvgIpc) is 3.09. The number of anilines is 1. The third-order valence-corrected chi connectivity index (χ3v) is 3.94. The van der Waals surface area contributed by atoms with Gasteiger partial charge in [-0.15, -0.1) is 0 Å². The minimum Gasteiger partial charge on any atom is -0.376 e. The van der Waals surface area contributed by atoms with Crippen molar-refractivity contribution in [1.29, 1.82) is 0 Å². The summed E-state index contributed by atoms with van der Waals surface area (Å²) in [5.41, 5.74) is 6.09. The first-order valence-electron chi connectivity index (χ1n) is 6.41. The molecule has 2 fully saturated rings. The molecule has 2 aliphatic rings. The fraction of sp³-hybridized carbons (Fsp3) is 0.667. The van der Waals surface area contributed by atoms with Crippen LogP contribution in [0.5, 0.6) is 0 Å². The van der Waals surface area contributed by atoms with Crippen molar-refractivity contribution in [3.05, 3.63) is 21.6 Å². The number of aromatic nitrogens is 2. The number of hydrogen-bond donors (Lipinski definition) is 2. The molecule has 5 nitrogen and oxygen atoms in total. The lowest BCUT2D eigenvalue weighted by Gasteiger charge is -2.33. The Morgan fingerprint density at radius 1 is 1.50 bits per heavy atom. The zero-order valence-electron chi connectivity index (χ0n) is 10.1. The van der Waals surface area contributed by atoms with Crippen LogP contribution < -0.4 is 16.6 Å². The predicted molar refractivity (Wildman–Crippen MR) is 70.9 cm³/mol. The average molecular weight is 269 g/mol. The molecule has 6 heteroatoms. The van der Waals surface area contributed by atoms with Crippen LogP contribution in [0.15, 0.2) is 11.0 Å². The number of nitrogens with one attached hydrogen (secondary N) is 1. The molecule has 3 N–H and O–H groups in total. The third-order valence-electron chi connectivity index (χ3n) is 3.65. The van der Waals surface area contributed by atoms with Crippen molar-refractivity contribution in [3.63, 3.8) is 0 Å². The molecule has 18 heavy (non-hydrogen) atoms. The number of halogens is 1. The van der Waals surface area contributed by atoms with E-state index in [4.69, 9.17) is 17.3 Å². The van der Waals surface area contributed by atoms with Gasteiger partial charge < -0.3 is 11.1 Å². The number of rotatable bonds is 4. The Labute approximate surface area is 110 Å². The Morgan fingerprint density at radius 3 is 2.83 bits per heavy atom. The summed E-state index contributed by atoms with van der Waals surface area (Å²) in [5.74, 6) is 0.612. The quantitative estimate of drug-likeness (QED) is 0.861. The molecule has 0 aromatic carbocycles. The Bertz CT molecular complexity index is 505. The molecule has 0 radical (unpaired) electrons. The van der Waals surface area contributed by atoms with Crippen LogP contribution in [0.3, 0.4) is 0 Å². The normalized spacial score (nSPS) is 26.8. The maximum Gasteiger partial charge on any atom is 0.291 e. The highest BCUT2D eigenvalue weighted by atomic mass is 35.5. The summed E-state index contributed by atoms with van der Waals surface area (Å²) in [5, 5.41) is 7.68. The van der Waals surface area contributed by atoms with E-state index in [0.717, 1.165) is 12.8 Å². The van der Waals surface area contributed by atoms with E-state index >= 15 is 0 Å². The number of nitrogens with zero attached hydrogens (tertiary/aromatic N) is 2. The largest absolute Gasteiger partial charge is 0.376 e. The first-order valence-corrected chi connectivity index (χ1v) is 6.79. The molecule has 0 bridgehead atoms. The van der Waals surface area contributed by atoms with Crippen molar-refractivity contribution in [1.82, 2.24) is 9.78 Å². The zero-order valence-corrected chi connectivity index (χ0v) is 10.9. The van der Waals surface area contributed by atoms with Gasteiger partial charge in [-0.1, -0.05) is 11.6 Å². The van der Waals surface area contributed by atoms with Crippen molar-refractivity contribution in [3.8, 4) is 0 Å². The standard InChI is InChI=1S/C12H17ClN4O/c13-10-5-15-17(6-7-1-2-7)12(18)11(10)16-9-3-8(14)4-9/h5,7-9,16H,1-4,6,14H2. The Hall–Kier alpha value is -1.07. The predicted octanol–water partition coefficient (Wildman–Crippen LogP) is 1.21. The van der Waals surface area contributed by atoms with Gasteiger partial charge in [-0.3, -0.25) is 4.79 Å². The molecule has 1 aromatic rings. The topological polar surface area (TPSA) is 72.9 Å². The van der Waals surface area contributed by atoms with Crippen molar-refractivity contribution in [2.75, 3.05) is 5.32 Å². The van der Waals surface area contributed by atoms with Crippen molar-refractivity contribution in [2.45, 2.75) is 44.3 Å². The zero-order chi connectivity index (χ0) is 12.7. The second-order valence-corrected chi connectivity index (χ2v) is 5.78. The third kappa shape index (κ3) is 2.37. The molecule has 0 aliphatic heterocycles. The van der Waals surface area contributed by atoms with E-state index in [2.05, 4.69) is 10.4 Å². The molecule has 2 saturated carbocycles. The molecule has 1 heterocycles. The van der Waals surface area contributed by atoms with Crippen LogP contribution in [0.25, 0.3) is 0 Å². The lowest BCUT2D eigenvalue weighted by Crippen LogP contribution is -2.45. The highest BCUT2D eigenvalue weighted by Crippen LogP contribution is 2.30. The van der Waals surface area contributed by atoms with Crippen LogP contribution in [0, 0.1) is 5.92 Å². The molecule has 98 valence electrons. The maximum absolute atomic E-state index is 12.2. The summed E-state index contributed by atoms with van der Waals surface area (Å²) in [6, 6.07) is 0.513. The van der Waals surface area contributed by atoms with Gasteiger partial charge >= 0.3 is 0 Å². The minimum absolute atomic E-state index is 0.116. The summed E-state index contributed by atoms with van der Waals surface area (Å²) < 4.78 is 1.52. The molecular weight excluding hydrogens is 252 g/mol. The van der Waals surface area contributed by atoms with Crippen molar-refractivity contribution < 1.29 is 0 Å². The van der Waals surface area contributed by atoms with Crippen molar-refractivity contribution >= 4 is 17.3 Å². The van der Waals surface area contributed by atoms with Crippen LogP contribution in [-0.4, -0.2) is 21.9 Å². The van der Waals surface area contributed by atoms with Gasteiger partial charge in [-0.25, -0.2) is 4.68 Å². The molecule has 0 unspecified atom stereocenters. The van der Waals surface area contributed by atoms with Crippen LogP contribution >= 0.6 is 11.6 Å². The van der Waals surface area contributed by atoms with Gasteiger partial charge in [0.2, 0.25) is 0 Å². The van der Waals surface area contributed by atoms with E-state index in [1.165, 1.54) is 17.5 Å². The molecule has 1 aromatic heterocycles. The van der Waals surface area contributed by atoms with Gasteiger partial charge in [0.1, 0.15) is 5.69 Å². The molecule has 3 rings (SSSR count). The molecule has 0 amide bonds. The second-order valence-electron chi connectivity index (χ2n) is 5.37. The van der Waals surface area contributed by atoms with Crippen molar-refractivity contribution in [2.24, 2.45) is 11.7 Å². The van der Waals surface area contributed by atoms with Crippen LogP contribution in [0.4, 0.5) is 5.69 Å². The second kappa shape index (κ2) is 4.55. The van der Waals surface area contributed by atoms with E-state index in [0.29, 0.717) is 23.2 Å². The van der Waals surface area contributed by atoms with Gasteiger partial charge in [0.25, 0.3) is 5.56 Å². The number of nitrogens with two attached hydrogens (primary N) is 1. The lowest BCUT2D eigenvalue weighted by molar-refractivity contribution is 0.373. The molecule has 0 spiro atoms. The van der Waals surface area contributed by atoms with Crippen LogP contribution in [0.2, 0.25) is 5.02 Å². The van der Waals surface area contributed by atoms with E-state index in [1.54, 1.807) is 6.20 Å². The van der Waals surface area contributed by atoms with Crippen LogP contribution in [0.1, 0.15) is 25.7 Å². The SMILES string of the molecule is NC1CC(Nc2c(Cl)cnn(CC3CC3)c2=O)C1. The summed E-state index contributed by atoms with van der Waals surface area (Å²) in [6.07, 6.45) is 5.71. The van der Waals surface area contributed by atoms with E-state index < -0.39 is 0 Å². The highest BCUT2D eigenvalue weighted by molar-refractivity contribution is 6.33. The summed E-state index contributed by atoms with van der Waals surface area (Å²) >= 11 is 6.05. The highest BCUT2D eigenvalue weighted by Gasteiger charge is 2.28. The first kappa shape index (κ1) is 12.0. The Kier molecular flexibility index (Phi) is 3.03. The van der Waals surface area contributed by atoms with E-state index in [9.17, 15) is 4.79 Å². The summed E-state index contributed by atoms with van der Waals surface area (Å²) in [6.45, 7) is 0.703. The van der Waals surface area contributed by atoms with Gasteiger partial charge in [-0.05, 0) is 31.6 Å². The molecular formula is C12H17ClN4O. The smallest absolute Gasteiger partial charge is 0.291 e. The van der Waals surface area contributed by atoms with Gasteiger partial charge in [-0.2, -0.15) is 5.10 Å². The van der Waals surface area contributed by atoms with Crippen LogP contribution in [-0.2, 0) is 6.54 Å². The molecule has 0 atom stereocenters. The van der Waals surface area contributed by atoms with Gasteiger partial charge in [0.15, 0.2) is 0 Å². The molecule has 2 aliphatic carbocycles. The fourth-order valence-corrected chi connectivity index (χ4v) is 2.44. The fourth-order valence-electron chi connectivity index (χ4n) is 2.26. The summed E-state index contributed by atoms with van der Waals surface area (Å²) in [4.78, 5) is 12.2. The Balaban J connectivity index is 1.80. The number of hydrogen-bond acceptors (Lipinski definition) is 4. The molecule has 0 saturated heterocycles.